The van der Waals surface area contributed by atoms with E-state index in [0.717, 1.165) is 0 Å². The SMILES string of the molecule is C.c1ccc2c(c1)CCC2.c1ccc2c(c1)CCCC2.c1ccc2c(c1)CCCCC2. The molecule has 0 heterocycles. The Hall–Kier alpha value is -2.34. The lowest BCUT2D eigenvalue weighted by Crippen LogP contribution is -2.00. The highest BCUT2D eigenvalue weighted by Gasteiger charge is 2.08. The van der Waals surface area contributed by atoms with Crippen molar-refractivity contribution in [3.8, 4) is 0 Å². The number of benzene rings is 3. The predicted octanol–water partition coefficient (Wildman–Crippen LogP) is 8.33. The minimum absolute atomic E-state index is 0. The number of hydrogen-bond acceptors (Lipinski definition) is 0. The molecular weight excluding hydrogens is 372 g/mol. The van der Waals surface area contributed by atoms with Gasteiger partial charge in [0.05, 0.1) is 0 Å². The Kier molecular flexibility index (Phi) is 9.40. The maximum atomic E-state index is 2.28. The first kappa shape index (κ1) is 23.3. The van der Waals surface area contributed by atoms with E-state index in [0.29, 0.717) is 0 Å². The van der Waals surface area contributed by atoms with Gasteiger partial charge < -0.3 is 0 Å². The molecule has 3 aromatic carbocycles. The molecular formula is C31H40. The van der Waals surface area contributed by atoms with Crippen molar-refractivity contribution in [1.82, 2.24) is 0 Å². The molecule has 0 N–H and O–H groups in total. The molecule has 0 spiro atoms. The maximum Gasteiger partial charge on any atom is -0.0273 e. The van der Waals surface area contributed by atoms with Gasteiger partial charge in [-0.25, -0.2) is 0 Å². The standard InChI is InChI=1S/C11H14.C10H12.C9H10.CH4/c1-2-6-10-8-4-5-9-11(10)7-3-1;1-2-6-10-8-4-3-7-9(10)5-1;1-2-5-9-7-3-6-8(9)4-1;/h4-5,8-9H,1-3,6-7H2;1-2,5-6H,3-4,7-8H2;1-2,4-5H,3,6-7H2;1H4. The van der Waals surface area contributed by atoms with Gasteiger partial charge in [0.25, 0.3) is 0 Å². The summed E-state index contributed by atoms with van der Waals surface area (Å²) in [5.74, 6) is 0. The summed E-state index contributed by atoms with van der Waals surface area (Å²) in [5.41, 5.74) is 9.47. The van der Waals surface area contributed by atoms with E-state index < -0.39 is 0 Å². The van der Waals surface area contributed by atoms with Crippen LogP contribution in [0, 0.1) is 0 Å². The highest BCUT2D eigenvalue weighted by molar-refractivity contribution is 5.31. The van der Waals surface area contributed by atoms with Crippen LogP contribution >= 0.6 is 0 Å². The van der Waals surface area contributed by atoms with Crippen molar-refractivity contribution in [2.24, 2.45) is 0 Å². The number of hydrogen-bond donors (Lipinski definition) is 0. The van der Waals surface area contributed by atoms with E-state index in [1.165, 1.54) is 77.0 Å². The maximum absolute atomic E-state index is 2.28. The summed E-state index contributed by atoms with van der Waals surface area (Å²) in [6, 6.07) is 26.4. The van der Waals surface area contributed by atoms with Gasteiger partial charge in [-0.3, -0.25) is 0 Å². The minimum atomic E-state index is 0. The second-order valence-electron chi connectivity index (χ2n) is 8.93. The average molecular weight is 413 g/mol. The van der Waals surface area contributed by atoms with Gasteiger partial charge in [-0.1, -0.05) is 86.6 Å². The molecule has 0 heteroatoms. The Morgan fingerprint density at radius 3 is 0.806 bits per heavy atom. The molecule has 3 aliphatic carbocycles. The van der Waals surface area contributed by atoms with Gasteiger partial charge in [0.2, 0.25) is 0 Å². The summed E-state index contributed by atoms with van der Waals surface area (Å²) in [5, 5.41) is 0. The summed E-state index contributed by atoms with van der Waals surface area (Å²) in [7, 11) is 0. The molecule has 0 bridgehead atoms. The van der Waals surface area contributed by atoms with Crippen LogP contribution in [-0.2, 0) is 38.5 Å². The number of aryl methyl sites for hydroxylation is 6. The van der Waals surface area contributed by atoms with E-state index >= 15 is 0 Å². The summed E-state index contributed by atoms with van der Waals surface area (Å²) in [6.45, 7) is 0. The minimum Gasteiger partial charge on any atom is -0.0776 e. The van der Waals surface area contributed by atoms with Crippen LogP contribution in [0.25, 0.3) is 0 Å². The smallest absolute Gasteiger partial charge is 0.0273 e. The summed E-state index contributed by atoms with van der Waals surface area (Å²) >= 11 is 0. The highest BCUT2D eigenvalue weighted by atomic mass is 14.1. The molecule has 0 saturated heterocycles. The van der Waals surface area contributed by atoms with Gasteiger partial charge in [-0.2, -0.15) is 0 Å². The number of rotatable bonds is 0. The Balaban J connectivity index is 0.000000130. The van der Waals surface area contributed by atoms with Gasteiger partial charge in [-0.15, -0.1) is 0 Å². The van der Waals surface area contributed by atoms with Crippen molar-refractivity contribution in [2.45, 2.75) is 84.5 Å². The van der Waals surface area contributed by atoms with Crippen molar-refractivity contribution in [3.63, 3.8) is 0 Å². The van der Waals surface area contributed by atoms with Crippen LogP contribution in [0.3, 0.4) is 0 Å². The molecule has 0 amide bonds. The largest absolute Gasteiger partial charge is 0.0776 e. The third-order valence-electron chi connectivity index (χ3n) is 6.78. The monoisotopic (exact) mass is 412 g/mol. The molecule has 0 fully saturated rings. The molecule has 0 aromatic heterocycles. The molecule has 0 atom stereocenters. The number of fused-ring (bicyclic) bond motifs is 3. The molecule has 31 heavy (non-hydrogen) atoms. The van der Waals surface area contributed by atoms with Crippen LogP contribution in [0.5, 0.6) is 0 Å². The first-order valence-corrected chi connectivity index (χ1v) is 12.1. The topological polar surface area (TPSA) is 0 Å². The zero-order chi connectivity index (χ0) is 20.4. The van der Waals surface area contributed by atoms with Gasteiger partial charge in [0.15, 0.2) is 0 Å². The van der Waals surface area contributed by atoms with E-state index in [2.05, 4.69) is 72.8 Å². The first-order chi connectivity index (χ1) is 14.9. The molecule has 3 aliphatic rings. The first-order valence-electron chi connectivity index (χ1n) is 12.1. The van der Waals surface area contributed by atoms with Crippen molar-refractivity contribution in [1.29, 1.82) is 0 Å². The normalized spacial score (nSPS) is 15.9. The predicted molar refractivity (Wildman–Crippen MR) is 136 cm³/mol. The molecule has 0 unspecified atom stereocenters. The van der Waals surface area contributed by atoms with E-state index in [1.54, 1.807) is 33.4 Å². The lowest BCUT2D eigenvalue weighted by atomic mass is 9.92. The fraction of sp³-hybridized carbons (Fsp3) is 0.419. The van der Waals surface area contributed by atoms with Gasteiger partial charge in [0, 0.05) is 0 Å². The molecule has 0 saturated carbocycles. The third kappa shape index (κ3) is 6.82. The average Bonchev–Trinajstić information content (AvgIpc) is 3.17. The quantitative estimate of drug-likeness (QED) is 0.325. The van der Waals surface area contributed by atoms with E-state index in [-0.39, 0.29) is 7.43 Å². The third-order valence-corrected chi connectivity index (χ3v) is 6.78. The molecule has 0 radical (unpaired) electrons. The summed E-state index contributed by atoms with van der Waals surface area (Å²) in [6.07, 6.45) is 16.1. The van der Waals surface area contributed by atoms with E-state index in [9.17, 15) is 0 Å². The highest BCUT2D eigenvalue weighted by Crippen LogP contribution is 2.21. The van der Waals surface area contributed by atoms with Crippen molar-refractivity contribution in [2.75, 3.05) is 0 Å². The lowest BCUT2D eigenvalue weighted by Gasteiger charge is -2.13. The lowest BCUT2D eigenvalue weighted by molar-refractivity contribution is 0.685. The zero-order valence-corrected chi connectivity index (χ0v) is 18.4. The summed E-state index contributed by atoms with van der Waals surface area (Å²) < 4.78 is 0. The van der Waals surface area contributed by atoms with Crippen LogP contribution in [0.15, 0.2) is 72.8 Å². The van der Waals surface area contributed by atoms with Crippen LogP contribution in [-0.4, -0.2) is 0 Å². The van der Waals surface area contributed by atoms with Crippen LogP contribution in [0.4, 0.5) is 0 Å². The second-order valence-corrected chi connectivity index (χ2v) is 8.93. The second kappa shape index (κ2) is 12.5. The fourth-order valence-electron chi connectivity index (χ4n) is 5.04. The van der Waals surface area contributed by atoms with Crippen LogP contribution < -0.4 is 0 Å². The zero-order valence-electron chi connectivity index (χ0n) is 18.4. The van der Waals surface area contributed by atoms with E-state index in [1.807, 2.05) is 0 Å². The Morgan fingerprint density at radius 2 is 0.516 bits per heavy atom. The molecule has 0 nitrogen and oxygen atoms in total. The van der Waals surface area contributed by atoms with Crippen molar-refractivity contribution < 1.29 is 0 Å². The Morgan fingerprint density at radius 1 is 0.290 bits per heavy atom. The van der Waals surface area contributed by atoms with Gasteiger partial charge >= 0.3 is 0 Å². The van der Waals surface area contributed by atoms with Crippen molar-refractivity contribution in [3.05, 3.63) is 106 Å². The summed E-state index contributed by atoms with van der Waals surface area (Å²) in [4.78, 5) is 0. The molecule has 0 aliphatic heterocycles. The molecule has 3 aromatic rings. The van der Waals surface area contributed by atoms with Gasteiger partial charge in [0.1, 0.15) is 0 Å². The Labute approximate surface area is 190 Å². The Bertz CT molecular complexity index is 848. The fourth-order valence-corrected chi connectivity index (χ4v) is 5.04. The molecule has 164 valence electrons. The van der Waals surface area contributed by atoms with Crippen LogP contribution in [0.2, 0.25) is 0 Å². The van der Waals surface area contributed by atoms with Crippen LogP contribution in [0.1, 0.15) is 79.3 Å². The van der Waals surface area contributed by atoms with Gasteiger partial charge in [-0.05, 0) is 104 Å². The van der Waals surface area contributed by atoms with Crippen molar-refractivity contribution >= 4 is 0 Å². The molecule has 6 rings (SSSR count). The van der Waals surface area contributed by atoms with E-state index in [4.69, 9.17) is 0 Å².